The minimum Gasteiger partial charge on any atom is -0.435 e. The maximum absolute atomic E-state index is 12.1. The molecule has 1 N–H and O–H groups in total. The molecule has 1 aromatic carbocycles. The first-order valence-electron chi connectivity index (χ1n) is 5.43. The lowest BCUT2D eigenvalue weighted by Gasteiger charge is -2.15. The Hall–Kier alpha value is -1.17. The third kappa shape index (κ3) is 5.00. The highest BCUT2D eigenvalue weighted by Gasteiger charge is 2.11. The van der Waals surface area contributed by atoms with Crippen LogP contribution in [0.5, 0.6) is 5.75 Å². The van der Waals surface area contributed by atoms with Crippen molar-refractivity contribution in [3.05, 3.63) is 29.8 Å². The van der Waals surface area contributed by atoms with Gasteiger partial charge in [0.05, 0.1) is 6.04 Å². The van der Waals surface area contributed by atoms with Crippen LogP contribution in [0.25, 0.3) is 0 Å². The van der Waals surface area contributed by atoms with E-state index in [0.717, 1.165) is 5.56 Å². The van der Waals surface area contributed by atoms with Crippen LogP contribution in [-0.4, -0.2) is 17.8 Å². The molecule has 0 radical (unpaired) electrons. The number of ether oxygens (including phenoxy) is 1. The van der Waals surface area contributed by atoms with Crippen molar-refractivity contribution in [1.82, 2.24) is 5.32 Å². The number of halogens is 3. The highest BCUT2D eigenvalue weighted by Crippen LogP contribution is 2.20. The van der Waals surface area contributed by atoms with Crippen molar-refractivity contribution >= 4 is 21.8 Å². The van der Waals surface area contributed by atoms with Gasteiger partial charge in [-0.15, -0.1) is 0 Å². The Labute approximate surface area is 113 Å². The van der Waals surface area contributed by atoms with E-state index in [1.54, 1.807) is 19.1 Å². The van der Waals surface area contributed by atoms with Crippen molar-refractivity contribution in [3.63, 3.8) is 0 Å². The van der Waals surface area contributed by atoms with Gasteiger partial charge in [0, 0.05) is 11.8 Å². The molecule has 3 nitrogen and oxygen atoms in total. The van der Waals surface area contributed by atoms with E-state index in [-0.39, 0.29) is 17.7 Å². The SMILES string of the molecule is CC(NC(=O)CCBr)c1cccc(OC(F)F)c1. The van der Waals surface area contributed by atoms with E-state index in [2.05, 4.69) is 26.0 Å². The molecule has 1 rings (SSSR count). The third-order valence-electron chi connectivity index (χ3n) is 2.28. The smallest absolute Gasteiger partial charge is 0.387 e. The fourth-order valence-corrected chi connectivity index (χ4v) is 1.80. The minimum absolute atomic E-state index is 0.0871. The molecule has 0 aliphatic heterocycles. The summed E-state index contributed by atoms with van der Waals surface area (Å²) in [6.07, 6.45) is 0.373. The van der Waals surface area contributed by atoms with Crippen LogP contribution in [0.3, 0.4) is 0 Å². The van der Waals surface area contributed by atoms with Crippen LogP contribution in [0.1, 0.15) is 24.9 Å². The number of rotatable bonds is 6. The maximum Gasteiger partial charge on any atom is 0.387 e. The number of amides is 1. The van der Waals surface area contributed by atoms with Crippen molar-refractivity contribution in [1.29, 1.82) is 0 Å². The number of benzene rings is 1. The first-order valence-corrected chi connectivity index (χ1v) is 6.55. The Morgan fingerprint density at radius 1 is 1.50 bits per heavy atom. The fraction of sp³-hybridized carbons (Fsp3) is 0.417. The van der Waals surface area contributed by atoms with E-state index in [0.29, 0.717) is 11.8 Å². The molecule has 1 amide bonds. The average molecular weight is 322 g/mol. The summed E-state index contributed by atoms with van der Waals surface area (Å²) in [6, 6.07) is 6.05. The molecule has 1 unspecified atom stereocenters. The standard InChI is InChI=1S/C12H14BrF2NO2/c1-8(16-11(17)5-6-13)9-3-2-4-10(7-9)18-12(14)15/h2-4,7-8,12H,5-6H2,1H3,(H,16,17). The molecule has 0 fully saturated rings. The second-order valence-electron chi connectivity index (χ2n) is 3.68. The van der Waals surface area contributed by atoms with Gasteiger partial charge < -0.3 is 10.1 Å². The van der Waals surface area contributed by atoms with Gasteiger partial charge in [0.2, 0.25) is 5.91 Å². The van der Waals surface area contributed by atoms with Gasteiger partial charge in [0.25, 0.3) is 0 Å². The second kappa shape index (κ2) is 7.31. The van der Waals surface area contributed by atoms with Crippen molar-refractivity contribution < 1.29 is 18.3 Å². The topological polar surface area (TPSA) is 38.3 Å². The minimum atomic E-state index is -2.85. The molecule has 100 valence electrons. The molecule has 0 aliphatic carbocycles. The predicted molar refractivity (Wildman–Crippen MR) is 68.0 cm³/mol. The zero-order valence-electron chi connectivity index (χ0n) is 9.83. The van der Waals surface area contributed by atoms with Crippen molar-refractivity contribution in [3.8, 4) is 5.75 Å². The van der Waals surface area contributed by atoms with E-state index in [1.165, 1.54) is 12.1 Å². The molecular weight excluding hydrogens is 308 g/mol. The van der Waals surface area contributed by atoms with Crippen LogP contribution in [0.2, 0.25) is 0 Å². The van der Waals surface area contributed by atoms with Crippen LogP contribution >= 0.6 is 15.9 Å². The van der Waals surface area contributed by atoms with Crippen LogP contribution < -0.4 is 10.1 Å². The molecule has 0 aromatic heterocycles. The Balaban J connectivity index is 2.67. The molecule has 0 heterocycles. The van der Waals surface area contributed by atoms with Gasteiger partial charge in [0.15, 0.2) is 0 Å². The van der Waals surface area contributed by atoms with Gasteiger partial charge in [-0.2, -0.15) is 8.78 Å². The van der Waals surface area contributed by atoms with Gasteiger partial charge >= 0.3 is 6.61 Å². The molecule has 0 saturated carbocycles. The molecule has 0 saturated heterocycles. The Morgan fingerprint density at radius 2 is 2.22 bits per heavy atom. The zero-order valence-corrected chi connectivity index (χ0v) is 11.4. The Bertz CT molecular complexity index is 401. The first-order chi connectivity index (χ1) is 8.52. The van der Waals surface area contributed by atoms with E-state index in [4.69, 9.17) is 0 Å². The molecule has 1 aromatic rings. The number of alkyl halides is 3. The van der Waals surface area contributed by atoms with Gasteiger partial charge in [-0.05, 0) is 24.6 Å². The average Bonchev–Trinajstić information content (AvgIpc) is 2.28. The summed E-state index contributed by atoms with van der Waals surface area (Å²) >= 11 is 3.17. The van der Waals surface area contributed by atoms with Gasteiger partial charge in [-0.25, -0.2) is 0 Å². The van der Waals surface area contributed by atoms with Crippen LogP contribution in [0, 0.1) is 0 Å². The molecule has 1 atom stereocenters. The third-order valence-corrected chi connectivity index (χ3v) is 2.68. The highest BCUT2D eigenvalue weighted by molar-refractivity contribution is 9.09. The van der Waals surface area contributed by atoms with Crippen LogP contribution in [0.15, 0.2) is 24.3 Å². The second-order valence-corrected chi connectivity index (χ2v) is 4.47. The zero-order chi connectivity index (χ0) is 13.5. The largest absolute Gasteiger partial charge is 0.435 e. The number of nitrogens with one attached hydrogen (secondary N) is 1. The predicted octanol–water partition coefficient (Wildman–Crippen LogP) is 3.25. The molecule has 18 heavy (non-hydrogen) atoms. The summed E-state index contributed by atoms with van der Waals surface area (Å²) < 4.78 is 28.4. The first kappa shape index (κ1) is 14.9. The van der Waals surface area contributed by atoms with Gasteiger partial charge in [-0.1, -0.05) is 28.1 Å². The normalized spacial score (nSPS) is 12.3. The van der Waals surface area contributed by atoms with E-state index >= 15 is 0 Å². The summed E-state index contributed by atoms with van der Waals surface area (Å²) in [6.45, 7) is -1.06. The lowest BCUT2D eigenvalue weighted by atomic mass is 10.1. The number of hydrogen-bond donors (Lipinski definition) is 1. The molecule has 0 bridgehead atoms. The molecule has 0 spiro atoms. The van der Waals surface area contributed by atoms with E-state index < -0.39 is 6.61 Å². The molecular formula is C12H14BrF2NO2. The fourth-order valence-electron chi connectivity index (χ4n) is 1.44. The van der Waals surface area contributed by atoms with E-state index in [1.807, 2.05) is 0 Å². The van der Waals surface area contributed by atoms with Crippen molar-refractivity contribution in [2.24, 2.45) is 0 Å². The van der Waals surface area contributed by atoms with Crippen molar-refractivity contribution in [2.45, 2.75) is 26.0 Å². The summed E-state index contributed by atoms with van der Waals surface area (Å²) in [5.74, 6) is -0.0105. The van der Waals surface area contributed by atoms with Crippen LogP contribution in [0.4, 0.5) is 8.78 Å². The summed E-state index contributed by atoms with van der Waals surface area (Å²) in [5.41, 5.74) is 0.719. The Morgan fingerprint density at radius 3 is 2.83 bits per heavy atom. The lowest BCUT2D eigenvalue weighted by Crippen LogP contribution is -2.26. The van der Waals surface area contributed by atoms with E-state index in [9.17, 15) is 13.6 Å². The maximum atomic E-state index is 12.1. The lowest BCUT2D eigenvalue weighted by molar-refractivity contribution is -0.121. The summed E-state index contributed by atoms with van der Waals surface area (Å²) in [4.78, 5) is 11.4. The number of hydrogen-bond acceptors (Lipinski definition) is 2. The quantitative estimate of drug-likeness (QED) is 0.817. The summed E-state index contributed by atoms with van der Waals surface area (Å²) in [7, 11) is 0. The van der Waals surface area contributed by atoms with Gasteiger partial charge in [0.1, 0.15) is 5.75 Å². The van der Waals surface area contributed by atoms with Crippen molar-refractivity contribution in [2.75, 3.05) is 5.33 Å². The Kier molecular flexibility index (Phi) is 6.04. The van der Waals surface area contributed by atoms with Crippen LogP contribution in [-0.2, 0) is 4.79 Å². The number of carbonyl (C=O) groups excluding carboxylic acids is 1. The number of carbonyl (C=O) groups is 1. The summed E-state index contributed by atoms with van der Waals surface area (Å²) in [5, 5.41) is 3.35. The molecule has 0 aliphatic rings. The highest BCUT2D eigenvalue weighted by atomic mass is 79.9. The monoisotopic (exact) mass is 321 g/mol. The van der Waals surface area contributed by atoms with Gasteiger partial charge in [-0.3, -0.25) is 4.79 Å². The molecule has 6 heteroatoms.